The Labute approximate surface area is 226 Å². The van der Waals surface area contributed by atoms with Crippen LogP contribution in [0.2, 0.25) is 0 Å². The molecule has 0 N–H and O–H groups in total. The van der Waals surface area contributed by atoms with Gasteiger partial charge in [-0.1, -0.05) is 66.3 Å². The predicted octanol–water partition coefficient (Wildman–Crippen LogP) is 6.83. The Bertz CT molecular complexity index is 1300. The van der Waals surface area contributed by atoms with Crippen molar-refractivity contribution < 1.29 is 14.3 Å². The first kappa shape index (κ1) is 28.6. The van der Waals surface area contributed by atoms with Crippen molar-refractivity contribution in [3.05, 3.63) is 106 Å². The second-order valence-electron chi connectivity index (χ2n) is 9.61. The average Bonchev–Trinajstić information content (AvgIpc) is 3.05. The molecule has 198 valence electrons. The Morgan fingerprint density at radius 1 is 1.13 bits per heavy atom. The van der Waals surface area contributed by atoms with Crippen LogP contribution in [0.25, 0.3) is 6.08 Å². The number of carbonyl (C=O) groups excluding carboxylic acids is 2. The zero-order valence-corrected chi connectivity index (χ0v) is 23.2. The Hall–Kier alpha value is -3.99. The van der Waals surface area contributed by atoms with Crippen molar-refractivity contribution in [3.8, 4) is 0 Å². The van der Waals surface area contributed by atoms with Gasteiger partial charge in [-0.25, -0.2) is 0 Å². The second-order valence-corrected chi connectivity index (χ2v) is 9.61. The number of ether oxygens (including phenoxy) is 1. The van der Waals surface area contributed by atoms with E-state index in [-0.39, 0.29) is 11.6 Å². The number of rotatable bonds is 11. The molecule has 3 rings (SSSR count). The third-order valence-electron chi connectivity index (χ3n) is 6.46. The number of nitrogens with zero attached hydrogens (tertiary/aromatic N) is 2. The molecule has 5 nitrogen and oxygen atoms in total. The molecule has 0 saturated heterocycles. The highest BCUT2D eigenvalue weighted by atomic mass is 16.5. The third kappa shape index (κ3) is 8.01. The molecule has 0 bridgehead atoms. The van der Waals surface area contributed by atoms with Crippen LogP contribution in [0.5, 0.6) is 0 Å². The van der Waals surface area contributed by atoms with Crippen LogP contribution in [0, 0.1) is 6.92 Å². The first-order valence-corrected chi connectivity index (χ1v) is 13.0. The van der Waals surface area contributed by atoms with Crippen LogP contribution in [0.4, 0.5) is 5.69 Å². The van der Waals surface area contributed by atoms with E-state index in [9.17, 15) is 9.59 Å². The Kier molecular flexibility index (Phi) is 10.6. The van der Waals surface area contributed by atoms with Crippen LogP contribution in [0.3, 0.4) is 0 Å². The van der Waals surface area contributed by atoms with Gasteiger partial charge in [-0.3, -0.25) is 9.59 Å². The molecule has 0 amide bonds. The highest BCUT2D eigenvalue weighted by Gasteiger charge is 2.24. The molecule has 1 aliphatic heterocycles. The quantitative estimate of drug-likeness (QED) is 0.246. The van der Waals surface area contributed by atoms with Crippen LogP contribution < -0.4 is 4.90 Å². The molecule has 0 fully saturated rings. The lowest BCUT2D eigenvalue weighted by molar-refractivity contribution is -0.116. The van der Waals surface area contributed by atoms with Gasteiger partial charge in [0.25, 0.3) is 0 Å². The number of hydrogen-bond donors (Lipinski definition) is 0. The van der Waals surface area contributed by atoms with E-state index in [0.29, 0.717) is 30.7 Å². The van der Waals surface area contributed by atoms with Gasteiger partial charge >= 0.3 is 0 Å². The molecule has 1 aliphatic rings. The molecular weight excluding hydrogens is 472 g/mol. The number of anilines is 1. The largest absolute Gasteiger partial charge is 0.491 e. The summed E-state index contributed by atoms with van der Waals surface area (Å²) in [6.07, 6.45) is 12.7. The van der Waals surface area contributed by atoms with Crippen LogP contribution in [-0.2, 0) is 20.7 Å². The molecule has 2 aromatic rings. The normalized spacial score (nSPS) is 14.9. The molecule has 1 heterocycles. The zero-order valence-electron chi connectivity index (χ0n) is 23.2. The van der Waals surface area contributed by atoms with Crippen molar-refractivity contribution in [2.75, 3.05) is 25.6 Å². The van der Waals surface area contributed by atoms with E-state index < -0.39 is 0 Å². The highest BCUT2D eigenvalue weighted by molar-refractivity contribution is 6.11. The SMILES string of the molecule is CN=CC/C(=C/c1ccccc1)C1=CCN(c2ccc(CC/C=C(/C)CC(C)=O)cc2C)C=C(OC)C1=O. The van der Waals surface area contributed by atoms with Crippen LogP contribution in [0.15, 0.2) is 94.4 Å². The van der Waals surface area contributed by atoms with Crippen LogP contribution >= 0.6 is 0 Å². The van der Waals surface area contributed by atoms with E-state index in [1.54, 1.807) is 20.2 Å². The Morgan fingerprint density at radius 2 is 1.89 bits per heavy atom. The first-order valence-electron chi connectivity index (χ1n) is 13.0. The maximum absolute atomic E-state index is 13.5. The summed E-state index contributed by atoms with van der Waals surface area (Å²) in [4.78, 5) is 31.0. The van der Waals surface area contributed by atoms with Crippen molar-refractivity contribution >= 4 is 29.5 Å². The molecule has 0 radical (unpaired) electrons. The molecule has 0 spiro atoms. The monoisotopic (exact) mass is 510 g/mol. The molecule has 0 aromatic heterocycles. The van der Waals surface area contributed by atoms with E-state index in [1.165, 1.54) is 12.7 Å². The number of aliphatic imine (C=N–C) groups is 1. The van der Waals surface area contributed by atoms with Gasteiger partial charge < -0.3 is 14.6 Å². The minimum absolute atomic E-state index is 0.135. The van der Waals surface area contributed by atoms with E-state index in [4.69, 9.17) is 4.74 Å². The number of allylic oxidation sites excluding steroid dienone is 4. The lowest BCUT2D eigenvalue weighted by Gasteiger charge is -2.21. The fourth-order valence-corrected chi connectivity index (χ4v) is 4.59. The van der Waals surface area contributed by atoms with Gasteiger partial charge in [-0.2, -0.15) is 0 Å². The Balaban J connectivity index is 1.87. The van der Waals surface area contributed by atoms with Crippen LogP contribution in [-0.4, -0.2) is 38.5 Å². The lowest BCUT2D eigenvalue weighted by Crippen LogP contribution is -2.17. The fourth-order valence-electron chi connectivity index (χ4n) is 4.59. The molecular formula is C33H38N2O3. The molecule has 5 heteroatoms. The minimum Gasteiger partial charge on any atom is -0.491 e. The fraction of sp³-hybridized carbons (Fsp3) is 0.303. The number of Topliss-reactive ketones (excluding diaryl/α,β-unsaturated/α-hetero) is 2. The van der Waals surface area contributed by atoms with Gasteiger partial charge in [-0.15, -0.1) is 0 Å². The summed E-state index contributed by atoms with van der Waals surface area (Å²) < 4.78 is 5.57. The minimum atomic E-state index is -0.135. The van der Waals surface area contributed by atoms with Crippen molar-refractivity contribution in [3.63, 3.8) is 0 Å². The first-order chi connectivity index (χ1) is 18.3. The third-order valence-corrected chi connectivity index (χ3v) is 6.46. The molecule has 2 aromatic carbocycles. The lowest BCUT2D eigenvalue weighted by atomic mass is 9.96. The van der Waals surface area contributed by atoms with Crippen LogP contribution in [0.1, 0.15) is 49.8 Å². The maximum atomic E-state index is 13.5. The maximum Gasteiger partial charge on any atom is 0.229 e. The number of methoxy groups -OCH3 is 1. The zero-order chi connectivity index (χ0) is 27.5. The summed E-state index contributed by atoms with van der Waals surface area (Å²) in [5.41, 5.74) is 7.07. The molecule has 0 aliphatic carbocycles. The summed E-state index contributed by atoms with van der Waals surface area (Å²) in [7, 11) is 3.28. The number of carbonyl (C=O) groups is 2. The summed E-state index contributed by atoms with van der Waals surface area (Å²) in [6, 6.07) is 16.4. The van der Waals surface area contributed by atoms with Gasteiger partial charge in [0.1, 0.15) is 5.78 Å². The van der Waals surface area contributed by atoms with E-state index in [1.807, 2.05) is 55.6 Å². The topological polar surface area (TPSA) is 59.0 Å². The molecule has 38 heavy (non-hydrogen) atoms. The van der Waals surface area contributed by atoms with Gasteiger partial charge in [0.05, 0.1) is 13.3 Å². The van der Waals surface area contributed by atoms with Crippen molar-refractivity contribution in [2.45, 2.75) is 46.5 Å². The predicted molar refractivity (Wildman–Crippen MR) is 158 cm³/mol. The summed E-state index contributed by atoms with van der Waals surface area (Å²) >= 11 is 0. The second kappa shape index (κ2) is 14.1. The van der Waals surface area contributed by atoms with Gasteiger partial charge in [0.15, 0.2) is 5.76 Å². The van der Waals surface area contributed by atoms with E-state index in [2.05, 4.69) is 41.1 Å². The molecule has 0 saturated carbocycles. The molecule has 0 unspecified atom stereocenters. The van der Waals surface area contributed by atoms with Crippen molar-refractivity contribution in [2.24, 2.45) is 4.99 Å². The molecule has 0 atom stereocenters. The summed E-state index contributed by atoms with van der Waals surface area (Å²) in [5.74, 6) is 0.358. The number of ketones is 2. The average molecular weight is 511 g/mol. The van der Waals surface area contributed by atoms with E-state index in [0.717, 1.165) is 40.8 Å². The summed E-state index contributed by atoms with van der Waals surface area (Å²) in [6.45, 7) is 6.26. The van der Waals surface area contributed by atoms with E-state index >= 15 is 0 Å². The smallest absolute Gasteiger partial charge is 0.229 e. The number of aryl methyl sites for hydroxylation is 2. The van der Waals surface area contributed by atoms with Crippen molar-refractivity contribution in [1.82, 2.24) is 0 Å². The standard InChI is InChI=1S/C33H38N2O3/c1-24(20-26(3)36)10-9-13-28-14-15-31(25(2)21-28)35-19-17-30(33(37)32(23-35)38-5)29(16-18-34-4)22-27-11-7-6-8-12-27/h6-8,10-12,14-15,17-18,21-23H,9,13,16,19-20H2,1-5H3/b24-10-,29-22-,34-18?. The summed E-state index contributed by atoms with van der Waals surface area (Å²) in [5, 5.41) is 0. The van der Waals surface area contributed by atoms with Gasteiger partial charge in [0, 0.05) is 43.9 Å². The number of hydrogen-bond acceptors (Lipinski definition) is 5. The number of benzene rings is 2. The van der Waals surface area contributed by atoms with Crippen molar-refractivity contribution in [1.29, 1.82) is 0 Å². The Morgan fingerprint density at radius 3 is 2.55 bits per heavy atom. The van der Waals surface area contributed by atoms with Gasteiger partial charge in [0.2, 0.25) is 5.78 Å². The highest BCUT2D eigenvalue weighted by Crippen LogP contribution is 2.29. The van der Waals surface area contributed by atoms with Gasteiger partial charge in [-0.05, 0) is 61.9 Å².